The van der Waals surface area contributed by atoms with E-state index < -0.39 is 0 Å². The van der Waals surface area contributed by atoms with E-state index in [0.29, 0.717) is 23.4 Å². The number of hydrogen-bond donors (Lipinski definition) is 1. The van der Waals surface area contributed by atoms with Gasteiger partial charge in [0.2, 0.25) is 11.8 Å². The zero-order chi connectivity index (χ0) is 12.4. The molecule has 0 radical (unpaired) electrons. The van der Waals surface area contributed by atoms with Crippen LogP contribution in [0.1, 0.15) is 18.4 Å². The molecule has 2 amide bonds. The van der Waals surface area contributed by atoms with Gasteiger partial charge in [-0.05, 0) is 36.6 Å². The lowest BCUT2D eigenvalue weighted by Gasteiger charge is -2.20. The van der Waals surface area contributed by atoms with Gasteiger partial charge in [-0.15, -0.1) is 0 Å². The molecule has 1 aliphatic rings. The number of benzene rings is 1. The average molecular weight is 256 g/mol. The van der Waals surface area contributed by atoms with Crippen molar-refractivity contribution in [2.45, 2.75) is 19.3 Å². The van der Waals surface area contributed by atoms with Gasteiger partial charge in [-0.25, -0.2) is 4.39 Å². The minimum Gasteiger partial charge on any atom is -0.296 e. The summed E-state index contributed by atoms with van der Waals surface area (Å²) in [4.78, 5) is 22.5. The Bertz CT molecular complexity index is 476. The lowest BCUT2D eigenvalue weighted by atomic mass is 9.91. The summed E-state index contributed by atoms with van der Waals surface area (Å²) in [5, 5.41) is 2.69. The summed E-state index contributed by atoms with van der Waals surface area (Å²) in [5.74, 6) is -1.33. The summed E-state index contributed by atoms with van der Waals surface area (Å²) >= 11 is 5.77. The van der Waals surface area contributed by atoms with Gasteiger partial charge in [-0.1, -0.05) is 11.6 Å². The molecular weight excluding hydrogens is 245 g/mol. The second-order valence-corrected chi connectivity index (χ2v) is 4.52. The van der Waals surface area contributed by atoms with Gasteiger partial charge in [0.25, 0.3) is 0 Å². The van der Waals surface area contributed by atoms with E-state index in [0.717, 1.165) is 0 Å². The number of halogens is 2. The van der Waals surface area contributed by atoms with Crippen LogP contribution < -0.4 is 5.32 Å². The summed E-state index contributed by atoms with van der Waals surface area (Å²) in [7, 11) is 0. The molecule has 5 heteroatoms. The minimum absolute atomic E-state index is 0.266. The highest BCUT2D eigenvalue weighted by atomic mass is 35.5. The van der Waals surface area contributed by atoms with Crippen LogP contribution in [0.5, 0.6) is 0 Å². The van der Waals surface area contributed by atoms with Crippen LogP contribution in [0.4, 0.5) is 4.39 Å². The number of rotatable bonds is 2. The molecule has 1 saturated heterocycles. The third-order valence-corrected chi connectivity index (χ3v) is 3.06. The first-order valence-corrected chi connectivity index (χ1v) is 5.71. The largest absolute Gasteiger partial charge is 0.296 e. The summed E-state index contributed by atoms with van der Waals surface area (Å²) in [6.45, 7) is 0. The number of imide groups is 1. The van der Waals surface area contributed by atoms with E-state index in [1.54, 1.807) is 0 Å². The van der Waals surface area contributed by atoms with E-state index >= 15 is 0 Å². The van der Waals surface area contributed by atoms with Gasteiger partial charge in [-0.3, -0.25) is 14.9 Å². The highest BCUT2D eigenvalue weighted by Gasteiger charge is 2.27. The second kappa shape index (κ2) is 4.84. The van der Waals surface area contributed by atoms with Gasteiger partial charge in [0.15, 0.2) is 0 Å². The quantitative estimate of drug-likeness (QED) is 0.823. The minimum atomic E-state index is -0.376. The predicted octanol–water partition coefficient (Wildman–Crippen LogP) is 2.07. The molecule has 1 aromatic carbocycles. The van der Waals surface area contributed by atoms with Crippen LogP contribution in [0.15, 0.2) is 18.2 Å². The molecule has 0 saturated carbocycles. The Kier molecular flexibility index (Phi) is 3.43. The van der Waals surface area contributed by atoms with Gasteiger partial charge in [0, 0.05) is 17.4 Å². The third-order valence-electron chi connectivity index (χ3n) is 2.83. The lowest BCUT2D eigenvalue weighted by molar-refractivity contribution is -0.136. The zero-order valence-corrected chi connectivity index (χ0v) is 9.76. The Morgan fingerprint density at radius 1 is 1.41 bits per heavy atom. The molecule has 2 rings (SSSR count). The third kappa shape index (κ3) is 2.82. The van der Waals surface area contributed by atoms with Crippen LogP contribution in [0.25, 0.3) is 0 Å². The van der Waals surface area contributed by atoms with Crippen molar-refractivity contribution in [2.75, 3.05) is 0 Å². The fourth-order valence-corrected chi connectivity index (χ4v) is 2.09. The molecule has 1 N–H and O–H groups in total. The first-order valence-electron chi connectivity index (χ1n) is 5.34. The van der Waals surface area contributed by atoms with Crippen LogP contribution in [0.2, 0.25) is 5.02 Å². The fraction of sp³-hybridized carbons (Fsp3) is 0.333. The Balaban J connectivity index is 2.13. The Labute approximate surface area is 103 Å². The SMILES string of the molecule is O=C1CCC(Cc2cc(Cl)ccc2F)C(=O)N1. The number of hydrogen-bond acceptors (Lipinski definition) is 2. The molecule has 0 aromatic heterocycles. The van der Waals surface area contributed by atoms with E-state index in [2.05, 4.69) is 5.32 Å². The van der Waals surface area contributed by atoms with Gasteiger partial charge in [0.05, 0.1) is 0 Å². The standard InChI is InChI=1S/C12H11ClFNO2/c13-9-2-3-10(14)8(6-9)5-7-1-4-11(16)15-12(7)17/h2-3,6-7H,1,4-5H2,(H,15,16,17). The predicted molar refractivity (Wildman–Crippen MR) is 61.0 cm³/mol. The molecule has 90 valence electrons. The maximum absolute atomic E-state index is 13.5. The van der Waals surface area contributed by atoms with Crippen molar-refractivity contribution in [3.8, 4) is 0 Å². The normalized spacial score (nSPS) is 20.2. The number of amides is 2. The van der Waals surface area contributed by atoms with Gasteiger partial charge >= 0.3 is 0 Å². The molecule has 1 unspecified atom stereocenters. The summed E-state index contributed by atoms with van der Waals surface area (Å²) in [6, 6.07) is 4.26. The van der Waals surface area contributed by atoms with Crippen molar-refractivity contribution >= 4 is 23.4 Å². The molecule has 1 aliphatic heterocycles. The van der Waals surface area contributed by atoms with Crippen molar-refractivity contribution in [1.29, 1.82) is 0 Å². The first kappa shape index (κ1) is 12.0. The Hall–Kier alpha value is -1.42. The second-order valence-electron chi connectivity index (χ2n) is 4.09. The van der Waals surface area contributed by atoms with Gasteiger partial charge in [0.1, 0.15) is 5.82 Å². The summed E-state index contributed by atoms with van der Waals surface area (Å²) in [6.07, 6.45) is 1.03. The number of nitrogens with one attached hydrogen (secondary N) is 1. The smallest absolute Gasteiger partial charge is 0.230 e. The van der Waals surface area contributed by atoms with Gasteiger partial charge in [-0.2, -0.15) is 0 Å². The van der Waals surface area contributed by atoms with Crippen LogP contribution in [0, 0.1) is 11.7 Å². The molecule has 0 spiro atoms. The first-order chi connectivity index (χ1) is 8.06. The molecule has 3 nitrogen and oxygen atoms in total. The monoisotopic (exact) mass is 255 g/mol. The van der Waals surface area contributed by atoms with E-state index in [-0.39, 0.29) is 30.0 Å². The highest BCUT2D eigenvalue weighted by molar-refractivity contribution is 6.30. The molecule has 0 aliphatic carbocycles. The Morgan fingerprint density at radius 3 is 2.88 bits per heavy atom. The van der Waals surface area contributed by atoms with Crippen LogP contribution in [-0.2, 0) is 16.0 Å². The number of piperidine rings is 1. The fourth-order valence-electron chi connectivity index (χ4n) is 1.90. The van der Waals surface area contributed by atoms with E-state index in [9.17, 15) is 14.0 Å². The van der Waals surface area contributed by atoms with Crippen molar-refractivity contribution in [2.24, 2.45) is 5.92 Å². The van der Waals surface area contributed by atoms with Gasteiger partial charge < -0.3 is 0 Å². The molecular formula is C12H11ClFNO2. The molecule has 17 heavy (non-hydrogen) atoms. The summed E-state index contributed by atoms with van der Waals surface area (Å²) < 4.78 is 13.5. The highest BCUT2D eigenvalue weighted by Crippen LogP contribution is 2.22. The van der Waals surface area contributed by atoms with Crippen molar-refractivity contribution in [1.82, 2.24) is 5.32 Å². The maximum atomic E-state index is 13.5. The maximum Gasteiger partial charge on any atom is 0.230 e. The van der Waals surface area contributed by atoms with Crippen molar-refractivity contribution in [3.63, 3.8) is 0 Å². The average Bonchev–Trinajstić information content (AvgIpc) is 2.27. The summed E-state index contributed by atoms with van der Waals surface area (Å²) in [5.41, 5.74) is 0.409. The lowest BCUT2D eigenvalue weighted by Crippen LogP contribution is -2.41. The van der Waals surface area contributed by atoms with E-state index in [4.69, 9.17) is 11.6 Å². The molecule has 0 bridgehead atoms. The molecule has 1 aromatic rings. The van der Waals surface area contributed by atoms with Crippen LogP contribution >= 0.6 is 11.6 Å². The van der Waals surface area contributed by atoms with Crippen molar-refractivity contribution in [3.05, 3.63) is 34.6 Å². The molecule has 1 heterocycles. The Morgan fingerprint density at radius 2 is 2.18 bits per heavy atom. The van der Waals surface area contributed by atoms with Crippen LogP contribution in [0.3, 0.4) is 0 Å². The number of carbonyl (C=O) groups is 2. The topological polar surface area (TPSA) is 46.2 Å². The molecule has 1 fully saturated rings. The van der Waals surface area contributed by atoms with E-state index in [1.807, 2.05) is 0 Å². The van der Waals surface area contributed by atoms with Crippen LogP contribution in [-0.4, -0.2) is 11.8 Å². The molecule has 1 atom stereocenters. The zero-order valence-electron chi connectivity index (χ0n) is 9.00. The number of carbonyl (C=O) groups excluding carboxylic acids is 2. The van der Waals surface area contributed by atoms with E-state index in [1.165, 1.54) is 18.2 Å². The van der Waals surface area contributed by atoms with Crippen molar-refractivity contribution < 1.29 is 14.0 Å².